The molecule has 1 N–H and O–H groups in total. The van der Waals surface area contributed by atoms with Gasteiger partial charge in [-0.05, 0) is 47.9 Å². The Bertz CT molecular complexity index is 905. The van der Waals surface area contributed by atoms with E-state index in [2.05, 4.69) is 14.8 Å². The number of ether oxygens (including phenoxy) is 4. The summed E-state index contributed by atoms with van der Waals surface area (Å²) in [5.74, 6) is -0.294. The Morgan fingerprint density at radius 1 is 0.903 bits per heavy atom. The number of rotatable bonds is 11. The average molecular weight is 443 g/mol. The van der Waals surface area contributed by atoms with Crippen LogP contribution in [0.25, 0.3) is 6.08 Å². The van der Waals surface area contributed by atoms with Crippen molar-refractivity contribution in [1.29, 1.82) is 0 Å². The van der Waals surface area contributed by atoms with Gasteiger partial charge in [0.1, 0.15) is 0 Å². The van der Waals surface area contributed by atoms with Crippen molar-refractivity contribution in [3.05, 3.63) is 53.6 Å². The molecule has 0 unspecified atom stereocenters. The van der Waals surface area contributed by atoms with E-state index in [4.69, 9.17) is 9.47 Å². The lowest BCUT2D eigenvalue weighted by molar-refractivity contribution is -0.116. The van der Waals surface area contributed by atoms with E-state index < -0.39 is 13.2 Å². The second-order valence-corrected chi connectivity index (χ2v) is 6.03. The summed E-state index contributed by atoms with van der Waals surface area (Å²) in [4.78, 5) is 12.0. The van der Waals surface area contributed by atoms with Gasteiger partial charge in [-0.3, -0.25) is 4.79 Å². The maximum absolute atomic E-state index is 12.4. The van der Waals surface area contributed by atoms with Crippen molar-refractivity contribution in [3.63, 3.8) is 0 Å². The zero-order chi connectivity index (χ0) is 22.8. The van der Waals surface area contributed by atoms with Crippen LogP contribution in [0, 0.1) is 0 Å². The highest BCUT2D eigenvalue weighted by Crippen LogP contribution is 2.30. The van der Waals surface area contributed by atoms with Gasteiger partial charge in [0.05, 0.1) is 14.2 Å². The average Bonchev–Trinajstić information content (AvgIpc) is 2.73. The fourth-order valence-electron chi connectivity index (χ4n) is 2.60. The van der Waals surface area contributed by atoms with Gasteiger partial charge in [-0.2, -0.15) is 17.6 Å². The molecule has 0 bridgehead atoms. The first kappa shape index (κ1) is 23.8. The molecule has 0 aliphatic heterocycles. The molecule has 6 nitrogen and oxygen atoms in total. The molecule has 0 radical (unpaired) electrons. The number of hydrogen-bond acceptors (Lipinski definition) is 5. The van der Waals surface area contributed by atoms with Gasteiger partial charge in [0.2, 0.25) is 5.91 Å². The monoisotopic (exact) mass is 443 g/mol. The van der Waals surface area contributed by atoms with Gasteiger partial charge in [-0.25, -0.2) is 0 Å². The van der Waals surface area contributed by atoms with Crippen molar-refractivity contribution in [1.82, 2.24) is 5.32 Å². The van der Waals surface area contributed by atoms with Gasteiger partial charge in [0.25, 0.3) is 0 Å². The van der Waals surface area contributed by atoms with Gasteiger partial charge < -0.3 is 24.3 Å². The van der Waals surface area contributed by atoms with Crippen LogP contribution in [0.2, 0.25) is 0 Å². The van der Waals surface area contributed by atoms with E-state index in [1.54, 1.807) is 12.1 Å². The highest BCUT2D eigenvalue weighted by molar-refractivity contribution is 5.91. The standard InChI is InChI=1S/C21H21F4NO5/c1-28-17-11-13(3-6-15(17)30-20(22)23)5-8-19(27)26-10-9-14-4-7-16(31-21(24)25)18(12-14)29-2/h3-8,11-12,20-21H,9-10H2,1-2H3,(H,26,27)/b8-5+. The van der Waals surface area contributed by atoms with E-state index in [-0.39, 0.29) is 35.4 Å². The maximum atomic E-state index is 12.4. The normalized spacial score (nSPS) is 11.1. The Balaban J connectivity index is 1.90. The summed E-state index contributed by atoms with van der Waals surface area (Å²) in [5.41, 5.74) is 1.30. The molecule has 0 saturated carbocycles. The molecule has 0 atom stereocenters. The number of halogens is 4. The molecule has 0 aliphatic carbocycles. The Labute approximate surface area is 176 Å². The molecule has 168 valence electrons. The van der Waals surface area contributed by atoms with Crippen LogP contribution >= 0.6 is 0 Å². The summed E-state index contributed by atoms with van der Waals surface area (Å²) >= 11 is 0. The summed E-state index contributed by atoms with van der Waals surface area (Å²) in [6, 6.07) is 8.79. The Morgan fingerprint density at radius 2 is 1.48 bits per heavy atom. The van der Waals surface area contributed by atoms with Gasteiger partial charge >= 0.3 is 13.2 Å². The lowest BCUT2D eigenvalue weighted by Crippen LogP contribution is -2.23. The number of carbonyl (C=O) groups is 1. The van der Waals surface area contributed by atoms with Crippen molar-refractivity contribution < 1.29 is 41.3 Å². The van der Waals surface area contributed by atoms with Crippen LogP contribution in [0.1, 0.15) is 11.1 Å². The van der Waals surface area contributed by atoms with Crippen LogP contribution in [0.3, 0.4) is 0 Å². The fourth-order valence-corrected chi connectivity index (χ4v) is 2.60. The molecular weight excluding hydrogens is 422 g/mol. The second-order valence-electron chi connectivity index (χ2n) is 6.03. The van der Waals surface area contributed by atoms with Crippen LogP contribution in [0.4, 0.5) is 17.6 Å². The number of benzene rings is 2. The minimum absolute atomic E-state index is 0.0754. The van der Waals surface area contributed by atoms with E-state index in [1.807, 2.05) is 0 Å². The number of carbonyl (C=O) groups excluding carboxylic acids is 1. The number of methoxy groups -OCH3 is 2. The van der Waals surface area contributed by atoms with Crippen molar-refractivity contribution in [2.45, 2.75) is 19.6 Å². The lowest BCUT2D eigenvalue weighted by Gasteiger charge is -2.11. The first-order valence-corrected chi connectivity index (χ1v) is 9.03. The fraction of sp³-hybridized carbons (Fsp3) is 0.286. The smallest absolute Gasteiger partial charge is 0.387 e. The Hall–Kier alpha value is -3.43. The minimum Gasteiger partial charge on any atom is -0.493 e. The van der Waals surface area contributed by atoms with Gasteiger partial charge in [-0.15, -0.1) is 0 Å². The molecule has 0 fully saturated rings. The first-order chi connectivity index (χ1) is 14.8. The van der Waals surface area contributed by atoms with Crippen molar-refractivity contribution in [3.8, 4) is 23.0 Å². The number of nitrogens with one attached hydrogen (secondary N) is 1. The summed E-state index contributed by atoms with van der Waals surface area (Å²) in [6.45, 7) is -5.65. The Morgan fingerprint density at radius 3 is 2.06 bits per heavy atom. The number of hydrogen-bond donors (Lipinski definition) is 1. The number of amides is 1. The van der Waals surface area contributed by atoms with Crippen LogP contribution in [-0.4, -0.2) is 39.9 Å². The summed E-state index contributed by atoms with van der Waals surface area (Å²) in [5, 5.41) is 2.68. The molecule has 31 heavy (non-hydrogen) atoms. The predicted molar refractivity (Wildman–Crippen MR) is 105 cm³/mol. The number of alkyl halides is 4. The molecule has 0 heterocycles. The van der Waals surface area contributed by atoms with Crippen LogP contribution in [0.5, 0.6) is 23.0 Å². The summed E-state index contributed by atoms with van der Waals surface area (Å²) in [6.07, 6.45) is 3.20. The second kappa shape index (κ2) is 11.7. The molecule has 2 aromatic carbocycles. The minimum atomic E-state index is -2.98. The third-order valence-corrected chi connectivity index (χ3v) is 3.99. The van der Waals surface area contributed by atoms with Crippen molar-refractivity contribution in [2.24, 2.45) is 0 Å². The summed E-state index contributed by atoms with van der Waals surface area (Å²) < 4.78 is 68.2. The molecule has 0 spiro atoms. The van der Waals surface area contributed by atoms with E-state index in [0.717, 1.165) is 5.56 Å². The van der Waals surface area contributed by atoms with E-state index in [0.29, 0.717) is 12.0 Å². The van der Waals surface area contributed by atoms with E-state index >= 15 is 0 Å². The van der Waals surface area contributed by atoms with Gasteiger partial charge in [0, 0.05) is 12.6 Å². The predicted octanol–water partition coefficient (Wildman–Crippen LogP) is 4.28. The molecule has 0 aliphatic rings. The highest BCUT2D eigenvalue weighted by Gasteiger charge is 2.12. The van der Waals surface area contributed by atoms with Crippen LogP contribution in [-0.2, 0) is 11.2 Å². The molecule has 0 saturated heterocycles. The van der Waals surface area contributed by atoms with Gasteiger partial charge in [0.15, 0.2) is 23.0 Å². The maximum Gasteiger partial charge on any atom is 0.387 e. The molecule has 2 rings (SSSR count). The molecule has 2 aromatic rings. The van der Waals surface area contributed by atoms with E-state index in [9.17, 15) is 22.4 Å². The molecular formula is C21H21F4NO5. The van der Waals surface area contributed by atoms with E-state index in [1.165, 1.54) is 50.6 Å². The topological polar surface area (TPSA) is 66.0 Å². The van der Waals surface area contributed by atoms with Crippen molar-refractivity contribution in [2.75, 3.05) is 20.8 Å². The van der Waals surface area contributed by atoms with Crippen LogP contribution < -0.4 is 24.3 Å². The first-order valence-electron chi connectivity index (χ1n) is 9.03. The third kappa shape index (κ3) is 7.72. The molecule has 1 amide bonds. The SMILES string of the molecule is COc1cc(/C=C/C(=O)NCCc2ccc(OC(F)F)c(OC)c2)ccc1OC(F)F. The zero-order valence-electron chi connectivity index (χ0n) is 16.7. The summed E-state index contributed by atoms with van der Waals surface area (Å²) in [7, 11) is 2.65. The molecule has 0 aromatic heterocycles. The third-order valence-electron chi connectivity index (χ3n) is 3.99. The lowest BCUT2D eigenvalue weighted by atomic mass is 10.1. The largest absolute Gasteiger partial charge is 0.493 e. The van der Waals surface area contributed by atoms with Gasteiger partial charge in [-0.1, -0.05) is 12.1 Å². The van der Waals surface area contributed by atoms with Crippen LogP contribution in [0.15, 0.2) is 42.5 Å². The zero-order valence-corrected chi connectivity index (χ0v) is 16.7. The Kier molecular flexibility index (Phi) is 8.98. The van der Waals surface area contributed by atoms with Crippen molar-refractivity contribution >= 4 is 12.0 Å². The quantitative estimate of drug-likeness (QED) is 0.415. The molecule has 10 heteroatoms. The highest BCUT2D eigenvalue weighted by atomic mass is 19.3.